The van der Waals surface area contributed by atoms with E-state index < -0.39 is 0 Å². The molecule has 5 heteroatoms. The quantitative estimate of drug-likeness (QED) is 0.894. The first kappa shape index (κ1) is 16.0. The summed E-state index contributed by atoms with van der Waals surface area (Å²) in [6, 6.07) is 1.46. The van der Waals surface area contributed by atoms with E-state index in [0.29, 0.717) is 6.04 Å². The van der Waals surface area contributed by atoms with E-state index >= 15 is 0 Å². The summed E-state index contributed by atoms with van der Waals surface area (Å²) in [5, 5.41) is 8.28. The van der Waals surface area contributed by atoms with Gasteiger partial charge in [-0.15, -0.1) is 0 Å². The minimum absolute atomic E-state index is 0.643. The molecule has 1 aromatic rings. The standard InChI is InChI=1S/C17H31N5/c1-4-22-12-15(14(2)19-22)11-18-16-5-10-21(13-16)17-6-8-20(3)9-7-17/h12,16-18H,4-11,13H2,1-3H3. The van der Waals surface area contributed by atoms with Crippen LogP contribution in [0, 0.1) is 6.92 Å². The maximum Gasteiger partial charge on any atom is 0.0638 e. The minimum Gasteiger partial charge on any atom is -0.308 e. The van der Waals surface area contributed by atoms with Gasteiger partial charge in [-0.1, -0.05) is 0 Å². The average molecular weight is 305 g/mol. The highest BCUT2D eigenvalue weighted by atomic mass is 15.3. The fourth-order valence-electron chi connectivity index (χ4n) is 3.79. The molecule has 22 heavy (non-hydrogen) atoms. The molecule has 0 bridgehead atoms. The van der Waals surface area contributed by atoms with Crippen molar-refractivity contribution >= 4 is 0 Å². The Labute approximate surface area is 134 Å². The molecule has 3 rings (SSSR count). The van der Waals surface area contributed by atoms with Gasteiger partial charge in [0.15, 0.2) is 0 Å². The topological polar surface area (TPSA) is 36.3 Å². The van der Waals surface area contributed by atoms with Crippen LogP contribution in [0.15, 0.2) is 6.20 Å². The van der Waals surface area contributed by atoms with Crippen LogP contribution in [-0.4, -0.2) is 64.9 Å². The fourth-order valence-corrected chi connectivity index (χ4v) is 3.79. The summed E-state index contributed by atoms with van der Waals surface area (Å²) in [5.74, 6) is 0. The Morgan fingerprint density at radius 1 is 1.23 bits per heavy atom. The van der Waals surface area contributed by atoms with Crippen LogP contribution >= 0.6 is 0 Å². The molecule has 0 aliphatic carbocycles. The van der Waals surface area contributed by atoms with Crippen molar-refractivity contribution in [1.29, 1.82) is 0 Å². The summed E-state index contributed by atoms with van der Waals surface area (Å²) >= 11 is 0. The number of nitrogens with one attached hydrogen (secondary N) is 1. The Balaban J connectivity index is 1.45. The van der Waals surface area contributed by atoms with E-state index in [1.165, 1.54) is 56.7 Å². The van der Waals surface area contributed by atoms with Crippen molar-refractivity contribution in [1.82, 2.24) is 24.9 Å². The number of hydrogen-bond acceptors (Lipinski definition) is 4. The van der Waals surface area contributed by atoms with Crippen LogP contribution in [0.2, 0.25) is 0 Å². The van der Waals surface area contributed by atoms with Crippen LogP contribution in [0.25, 0.3) is 0 Å². The molecule has 3 heterocycles. The summed E-state index contributed by atoms with van der Waals surface area (Å²) in [6.07, 6.45) is 6.15. The molecule has 2 saturated heterocycles. The molecule has 124 valence electrons. The third kappa shape index (κ3) is 3.70. The Kier molecular flexibility index (Phi) is 5.16. The molecule has 0 saturated carbocycles. The summed E-state index contributed by atoms with van der Waals surface area (Å²) in [6.45, 7) is 11.2. The van der Waals surface area contributed by atoms with Gasteiger partial charge in [0.25, 0.3) is 0 Å². The minimum atomic E-state index is 0.643. The van der Waals surface area contributed by atoms with Crippen molar-refractivity contribution < 1.29 is 0 Å². The van der Waals surface area contributed by atoms with Crippen LogP contribution < -0.4 is 5.32 Å². The summed E-state index contributed by atoms with van der Waals surface area (Å²) in [7, 11) is 2.24. The molecular weight excluding hydrogens is 274 g/mol. The summed E-state index contributed by atoms with van der Waals surface area (Å²) < 4.78 is 2.03. The lowest BCUT2D eigenvalue weighted by Gasteiger charge is -2.35. The van der Waals surface area contributed by atoms with Crippen molar-refractivity contribution in [3.8, 4) is 0 Å². The van der Waals surface area contributed by atoms with E-state index in [4.69, 9.17) is 0 Å². The molecule has 1 aromatic heterocycles. The number of aromatic nitrogens is 2. The Morgan fingerprint density at radius 3 is 2.68 bits per heavy atom. The SMILES string of the molecule is CCn1cc(CNC2CCN(C3CCN(C)CC3)C2)c(C)n1. The largest absolute Gasteiger partial charge is 0.308 e. The van der Waals surface area contributed by atoms with Crippen molar-refractivity contribution in [3.05, 3.63) is 17.5 Å². The zero-order chi connectivity index (χ0) is 15.5. The predicted molar refractivity (Wildman–Crippen MR) is 90.0 cm³/mol. The van der Waals surface area contributed by atoms with Crippen molar-refractivity contribution in [2.75, 3.05) is 33.2 Å². The number of rotatable bonds is 5. The maximum atomic E-state index is 4.53. The lowest BCUT2D eigenvalue weighted by atomic mass is 10.0. The smallest absolute Gasteiger partial charge is 0.0638 e. The van der Waals surface area contributed by atoms with Gasteiger partial charge in [0, 0.05) is 50.0 Å². The molecule has 2 aliphatic heterocycles. The Hall–Kier alpha value is -0.910. The van der Waals surface area contributed by atoms with E-state index in [2.05, 4.69) is 47.3 Å². The number of nitrogens with zero attached hydrogens (tertiary/aromatic N) is 4. The first-order valence-electron chi connectivity index (χ1n) is 8.84. The predicted octanol–water partition coefficient (Wildman–Crippen LogP) is 1.47. The van der Waals surface area contributed by atoms with Gasteiger partial charge < -0.3 is 10.2 Å². The summed E-state index contributed by atoms with van der Waals surface area (Å²) in [4.78, 5) is 5.17. The highest BCUT2D eigenvalue weighted by molar-refractivity contribution is 5.15. The van der Waals surface area contributed by atoms with E-state index in [-0.39, 0.29) is 0 Å². The van der Waals surface area contributed by atoms with E-state index in [9.17, 15) is 0 Å². The van der Waals surface area contributed by atoms with Gasteiger partial charge in [0.05, 0.1) is 5.69 Å². The normalized spacial score (nSPS) is 25.1. The first-order valence-corrected chi connectivity index (χ1v) is 8.84. The molecule has 2 aliphatic rings. The van der Waals surface area contributed by atoms with Gasteiger partial charge in [-0.25, -0.2) is 0 Å². The van der Waals surface area contributed by atoms with Gasteiger partial charge in [-0.2, -0.15) is 5.10 Å². The van der Waals surface area contributed by atoms with Gasteiger partial charge in [0.2, 0.25) is 0 Å². The lowest BCUT2D eigenvalue weighted by molar-refractivity contribution is 0.141. The fraction of sp³-hybridized carbons (Fsp3) is 0.824. The van der Waals surface area contributed by atoms with Crippen molar-refractivity contribution in [2.45, 2.75) is 58.3 Å². The van der Waals surface area contributed by atoms with Gasteiger partial charge in [0.1, 0.15) is 0 Å². The third-order valence-corrected chi connectivity index (χ3v) is 5.38. The van der Waals surface area contributed by atoms with Crippen LogP contribution in [-0.2, 0) is 13.1 Å². The lowest BCUT2D eigenvalue weighted by Crippen LogP contribution is -2.43. The van der Waals surface area contributed by atoms with Crippen molar-refractivity contribution in [2.24, 2.45) is 0 Å². The van der Waals surface area contributed by atoms with E-state index in [1.807, 2.05) is 4.68 Å². The van der Waals surface area contributed by atoms with Gasteiger partial charge in [-0.05, 0) is 53.2 Å². The molecule has 2 fully saturated rings. The molecule has 1 N–H and O–H groups in total. The Bertz CT molecular complexity index is 475. The Morgan fingerprint density at radius 2 is 2.00 bits per heavy atom. The highest BCUT2D eigenvalue weighted by Crippen LogP contribution is 2.21. The molecule has 0 aromatic carbocycles. The van der Waals surface area contributed by atoms with Crippen LogP contribution in [0.3, 0.4) is 0 Å². The first-order chi connectivity index (χ1) is 10.7. The van der Waals surface area contributed by atoms with E-state index in [1.54, 1.807) is 0 Å². The molecule has 0 radical (unpaired) electrons. The number of likely N-dealkylation sites (tertiary alicyclic amines) is 2. The zero-order valence-electron chi connectivity index (χ0n) is 14.4. The third-order valence-electron chi connectivity index (χ3n) is 5.38. The number of hydrogen-bond donors (Lipinski definition) is 1. The highest BCUT2D eigenvalue weighted by Gasteiger charge is 2.29. The maximum absolute atomic E-state index is 4.53. The van der Waals surface area contributed by atoms with E-state index in [0.717, 1.165) is 19.1 Å². The number of aryl methyl sites for hydroxylation is 2. The monoisotopic (exact) mass is 305 g/mol. The molecule has 5 nitrogen and oxygen atoms in total. The van der Waals surface area contributed by atoms with Crippen LogP contribution in [0.4, 0.5) is 0 Å². The van der Waals surface area contributed by atoms with Crippen molar-refractivity contribution in [3.63, 3.8) is 0 Å². The summed E-state index contributed by atoms with van der Waals surface area (Å²) in [5.41, 5.74) is 2.51. The second kappa shape index (κ2) is 7.11. The van der Waals surface area contributed by atoms with Gasteiger partial charge in [-0.3, -0.25) is 9.58 Å². The molecule has 0 amide bonds. The molecular formula is C17H31N5. The molecule has 1 unspecified atom stereocenters. The van der Waals surface area contributed by atoms with Crippen LogP contribution in [0.5, 0.6) is 0 Å². The zero-order valence-corrected chi connectivity index (χ0v) is 14.4. The van der Waals surface area contributed by atoms with Crippen LogP contribution in [0.1, 0.15) is 37.4 Å². The molecule has 1 atom stereocenters. The average Bonchev–Trinajstić information content (AvgIpc) is 3.12. The van der Waals surface area contributed by atoms with Gasteiger partial charge >= 0.3 is 0 Å². The second-order valence-corrected chi connectivity index (χ2v) is 6.99. The second-order valence-electron chi connectivity index (χ2n) is 6.99. The molecule has 0 spiro atoms. The number of piperidine rings is 1.